The van der Waals surface area contributed by atoms with E-state index in [9.17, 15) is 0 Å². The summed E-state index contributed by atoms with van der Waals surface area (Å²) in [6.45, 7) is 13.4. The minimum atomic E-state index is 0.526. The van der Waals surface area contributed by atoms with Crippen LogP contribution in [0.4, 0.5) is 0 Å². The van der Waals surface area contributed by atoms with E-state index in [0.717, 1.165) is 5.92 Å². The number of hydrogen-bond acceptors (Lipinski definition) is 1. The van der Waals surface area contributed by atoms with Gasteiger partial charge in [0.1, 0.15) is 0 Å². The van der Waals surface area contributed by atoms with Crippen molar-refractivity contribution in [2.24, 2.45) is 11.3 Å². The molecule has 0 aromatic heterocycles. The average molecular weight is 157 g/mol. The second-order valence-electron chi connectivity index (χ2n) is 3.86. The lowest BCUT2D eigenvalue weighted by Gasteiger charge is -2.36. The Morgan fingerprint density at radius 1 is 1.27 bits per heavy atom. The summed E-state index contributed by atoms with van der Waals surface area (Å²) in [7, 11) is 0. The Hall–Kier alpha value is -0.0400. The molecule has 1 fully saturated rings. The summed E-state index contributed by atoms with van der Waals surface area (Å²) in [5.74, 6) is 0.888. The van der Waals surface area contributed by atoms with Gasteiger partial charge in [-0.3, -0.25) is 0 Å². The standard InChI is InChI=1S/C8H17N.C2H6/c1-7-4-5-9-6-8(7,2)3;1-2/h7,9H,4-6H2,1-3H3;1-2H3. The molecule has 11 heavy (non-hydrogen) atoms. The van der Waals surface area contributed by atoms with Crippen molar-refractivity contribution < 1.29 is 0 Å². The van der Waals surface area contributed by atoms with Crippen molar-refractivity contribution in [2.75, 3.05) is 13.1 Å². The molecule has 1 saturated heterocycles. The van der Waals surface area contributed by atoms with Crippen LogP contribution in [0.5, 0.6) is 0 Å². The van der Waals surface area contributed by atoms with Gasteiger partial charge < -0.3 is 5.32 Å². The molecule has 0 aromatic carbocycles. The second kappa shape index (κ2) is 4.76. The predicted octanol–water partition coefficient (Wildman–Crippen LogP) is 2.67. The fourth-order valence-electron chi connectivity index (χ4n) is 1.29. The zero-order valence-corrected chi connectivity index (χ0v) is 8.70. The minimum absolute atomic E-state index is 0.526. The van der Waals surface area contributed by atoms with Crippen LogP contribution < -0.4 is 5.32 Å². The van der Waals surface area contributed by atoms with Crippen LogP contribution in [0.1, 0.15) is 41.0 Å². The zero-order valence-electron chi connectivity index (χ0n) is 8.70. The van der Waals surface area contributed by atoms with E-state index in [4.69, 9.17) is 0 Å². The normalized spacial score (nSPS) is 28.6. The molecular weight excluding hydrogens is 134 g/mol. The molecule has 1 N–H and O–H groups in total. The Morgan fingerprint density at radius 2 is 1.82 bits per heavy atom. The maximum absolute atomic E-state index is 3.41. The lowest BCUT2D eigenvalue weighted by atomic mass is 9.76. The Morgan fingerprint density at radius 3 is 2.09 bits per heavy atom. The fourth-order valence-corrected chi connectivity index (χ4v) is 1.29. The Kier molecular flexibility index (Phi) is 4.74. The van der Waals surface area contributed by atoms with Crippen LogP contribution in [0.25, 0.3) is 0 Å². The monoisotopic (exact) mass is 157 g/mol. The second-order valence-corrected chi connectivity index (χ2v) is 3.86. The molecule has 0 spiro atoms. The van der Waals surface area contributed by atoms with E-state index in [1.165, 1.54) is 19.5 Å². The lowest BCUT2D eigenvalue weighted by molar-refractivity contribution is 0.172. The van der Waals surface area contributed by atoms with E-state index in [2.05, 4.69) is 26.1 Å². The molecule has 1 aliphatic rings. The molecule has 1 nitrogen and oxygen atoms in total. The van der Waals surface area contributed by atoms with E-state index < -0.39 is 0 Å². The van der Waals surface area contributed by atoms with Gasteiger partial charge in [-0.1, -0.05) is 34.6 Å². The molecule has 0 aliphatic carbocycles. The van der Waals surface area contributed by atoms with Crippen LogP contribution in [-0.2, 0) is 0 Å². The highest BCUT2D eigenvalue weighted by Gasteiger charge is 2.27. The quantitative estimate of drug-likeness (QED) is 0.570. The van der Waals surface area contributed by atoms with Gasteiger partial charge in [0.05, 0.1) is 0 Å². The molecule has 68 valence electrons. The molecular formula is C10H23N. The first-order valence-electron chi connectivity index (χ1n) is 4.83. The van der Waals surface area contributed by atoms with Gasteiger partial charge in [-0.05, 0) is 24.3 Å². The highest BCUT2D eigenvalue weighted by atomic mass is 14.9. The summed E-state index contributed by atoms with van der Waals surface area (Å²) in [6, 6.07) is 0. The third-order valence-electron chi connectivity index (χ3n) is 2.67. The SMILES string of the molecule is CC.CC1CCNCC1(C)C. The molecule has 0 radical (unpaired) electrons. The minimum Gasteiger partial charge on any atom is -0.316 e. The topological polar surface area (TPSA) is 12.0 Å². The first-order valence-corrected chi connectivity index (χ1v) is 4.83. The lowest BCUT2D eigenvalue weighted by Crippen LogP contribution is -2.41. The van der Waals surface area contributed by atoms with Gasteiger partial charge in [-0.25, -0.2) is 0 Å². The van der Waals surface area contributed by atoms with Gasteiger partial charge in [-0.15, -0.1) is 0 Å². The molecule has 0 amide bonds. The van der Waals surface area contributed by atoms with Crippen molar-refractivity contribution in [1.82, 2.24) is 5.32 Å². The van der Waals surface area contributed by atoms with Gasteiger partial charge in [-0.2, -0.15) is 0 Å². The van der Waals surface area contributed by atoms with Crippen molar-refractivity contribution in [3.8, 4) is 0 Å². The van der Waals surface area contributed by atoms with E-state index >= 15 is 0 Å². The Labute approximate surface area is 71.6 Å². The van der Waals surface area contributed by atoms with E-state index in [1.807, 2.05) is 13.8 Å². The summed E-state index contributed by atoms with van der Waals surface area (Å²) >= 11 is 0. The molecule has 1 aliphatic heterocycles. The van der Waals surface area contributed by atoms with E-state index in [0.29, 0.717) is 5.41 Å². The van der Waals surface area contributed by atoms with Crippen LogP contribution in [-0.4, -0.2) is 13.1 Å². The molecule has 1 rings (SSSR count). The maximum atomic E-state index is 3.41. The third kappa shape index (κ3) is 3.24. The molecule has 0 aromatic rings. The number of rotatable bonds is 0. The van der Waals surface area contributed by atoms with Crippen molar-refractivity contribution in [1.29, 1.82) is 0 Å². The fraction of sp³-hybridized carbons (Fsp3) is 1.00. The highest BCUT2D eigenvalue weighted by Crippen LogP contribution is 2.30. The van der Waals surface area contributed by atoms with E-state index in [-0.39, 0.29) is 0 Å². The van der Waals surface area contributed by atoms with Crippen molar-refractivity contribution in [3.05, 3.63) is 0 Å². The van der Waals surface area contributed by atoms with Gasteiger partial charge >= 0.3 is 0 Å². The summed E-state index contributed by atoms with van der Waals surface area (Å²) < 4.78 is 0. The van der Waals surface area contributed by atoms with Crippen molar-refractivity contribution in [3.63, 3.8) is 0 Å². The summed E-state index contributed by atoms with van der Waals surface area (Å²) in [6.07, 6.45) is 1.34. The predicted molar refractivity (Wildman–Crippen MR) is 51.8 cm³/mol. The van der Waals surface area contributed by atoms with Gasteiger partial charge in [0.2, 0.25) is 0 Å². The Balaban J connectivity index is 0.000000461. The largest absolute Gasteiger partial charge is 0.316 e. The maximum Gasteiger partial charge on any atom is 0.000508 e. The van der Waals surface area contributed by atoms with Gasteiger partial charge in [0, 0.05) is 6.54 Å². The highest BCUT2D eigenvalue weighted by molar-refractivity contribution is 4.82. The third-order valence-corrected chi connectivity index (χ3v) is 2.67. The Bertz CT molecular complexity index is 97.0. The smallest absolute Gasteiger partial charge is 0.000508 e. The van der Waals surface area contributed by atoms with Crippen LogP contribution in [0.15, 0.2) is 0 Å². The number of hydrogen-bond donors (Lipinski definition) is 1. The van der Waals surface area contributed by atoms with Crippen LogP contribution in [0, 0.1) is 11.3 Å². The first kappa shape index (κ1) is 11.0. The van der Waals surface area contributed by atoms with Gasteiger partial charge in [0.15, 0.2) is 0 Å². The van der Waals surface area contributed by atoms with Crippen molar-refractivity contribution in [2.45, 2.75) is 41.0 Å². The zero-order chi connectivity index (χ0) is 8.91. The molecule has 1 heterocycles. The summed E-state index contributed by atoms with van der Waals surface area (Å²) in [5, 5.41) is 3.41. The average Bonchev–Trinajstić information content (AvgIpc) is 2.00. The molecule has 0 saturated carbocycles. The van der Waals surface area contributed by atoms with Crippen LogP contribution in [0.2, 0.25) is 0 Å². The van der Waals surface area contributed by atoms with E-state index in [1.54, 1.807) is 0 Å². The summed E-state index contributed by atoms with van der Waals surface area (Å²) in [5.41, 5.74) is 0.526. The number of piperidine rings is 1. The van der Waals surface area contributed by atoms with Crippen LogP contribution >= 0.6 is 0 Å². The summed E-state index contributed by atoms with van der Waals surface area (Å²) in [4.78, 5) is 0. The number of nitrogens with one attached hydrogen (secondary N) is 1. The molecule has 1 unspecified atom stereocenters. The molecule has 1 atom stereocenters. The van der Waals surface area contributed by atoms with Crippen LogP contribution in [0.3, 0.4) is 0 Å². The van der Waals surface area contributed by atoms with Gasteiger partial charge in [0.25, 0.3) is 0 Å². The molecule has 1 heteroatoms. The molecule has 0 bridgehead atoms. The first-order chi connectivity index (χ1) is 5.13. The van der Waals surface area contributed by atoms with Crippen molar-refractivity contribution >= 4 is 0 Å².